The fourth-order valence-electron chi connectivity index (χ4n) is 1.48. The molecule has 6 heteroatoms. The molecule has 0 aliphatic heterocycles. The van der Waals surface area contributed by atoms with Crippen molar-refractivity contribution in [3.8, 4) is 0 Å². The minimum Gasteiger partial charge on any atom is -0.265 e. The molecule has 0 radical (unpaired) electrons. The highest BCUT2D eigenvalue weighted by Crippen LogP contribution is 2.16. The second kappa shape index (κ2) is 6.07. The van der Waals surface area contributed by atoms with E-state index in [0.29, 0.717) is 10.7 Å². The molecule has 0 saturated heterocycles. The van der Waals surface area contributed by atoms with E-state index in [9.17, 15) is 8.42 Å². The van der Waals surface area contributed by atoms with Crippen LogP contribution in [0.5, 0.6) is 0 Å². The van der Waals surface area contributed by atoms with Crippen molar-refractivity contribution in [3.63, 3.8) is 0 Å². The predicted molar refractivity (Wildman–Crippen MR) is 78.4 cm³/mol. The standard InChI is InChI=1S/C14H12ClNO3S/c1-11(12-5-3-2-4-6-12)16-19-20(17,18)14-9-7-13(15)8-10-14/h2-10H,1H3. The van der Waals surface area contributed by atoms with Gasteiger partial charge in [0.1, 0.15) is 4.90 Å². The van der Waals surface area contributed by atoms with E-state index in [1.807, 2.05) is 30.3 Å². The Labute approximate surface area is 122 Å². The third-order valence-electron chi connectivity index (χ3n) is 2.57. The molecule has 0 bridgehead atoms. The molecule has 0 spiro atoms. The number of hydrogen-bond acceptors (Lipinski definition) is 4. The maximum Gasteiger partial charge on any atom is 0.358 e. The summed E-state index contributed by atoms with van der Waals surface area (Å²) in [5.74, 6) is 0. The molecule has 4 nitrogen and oxygen atoms in total. The Morgan fingerprint density at radius 3 is 2.25 bits per heavy atom. The normalized spacial score (nSPS) is 12.2. The average Bonchev–Trinajstić information content (AvgIpc) is 2.46. The van der Waals surface area contributed by atoms with E-state index in [1.54, 1.807) is 6.92 Å². The highest BCUT2D eigenvalue weighted by Gasteiger charge is 2.15. The first kappa shape index (κ1) is 14.6. The van der Waals surface area contributed by atoms with Crippen molar-refractivity contribution >= 4 is 27.4 Å². The Kier molecular flexibility index (Phi) is 4.42. The van der Waals surface area contributed by atoms with Gasteiger partial charge in [0, 0.05) is 5.02 Å². The van der Waals surface area contributed by atoms with Crippen LogP contribution in [-0.2, 0) is 14.4 Å². The van der Waals surface area contributed by atoms with Crippen LogP contribution in [0, 0.1) is 0 Å². The number of hydrogen-bond donors (Lipinski definition) is 0. The van der Waals surface area contributed by atoms with Crippen LogP contribution >= 0.6 is 11.6 Å². The molecular weight excluding hydrogens is 298 g/mol. The summed E-state index contributed by atoms with van der Waals surface area (Å²) in [7, 11) is -3.93. The van der Waals surface area contributed by atoms with Crippen LogP contribution in [0.2, 0.25) is 5.02 Å². The van der Waals surface area contributed by atoms with Crippen LogP contribution < -0.4 is 0 Å². The summed E-state index contributed by atoms with van der Waals surface area (Å²) in [6.45, 7) is 1.67. The predicted octanol–water partition coefficient (Wildman–Crippen LogP) is 3.47. The zero-order valence-electron chi connectivity index (χ0n) is 10.7. The van der Waals surface area contributed by atoms with E-state index in [0.717, 1.165) is 5.56 Å². The number of rotatable bonds is 4. The van der Waals surface area contributed by atoms with Crippen LogP contribution in [0.3, 0.4) is 0 Å². The molecule has 0 fully saturated rings. The Bertz CT molecular complexity index is 710. The molecule has 0 unspecified atom stereocenters. The molecule has 0 N–H and O–H groups in total. The SMILES string of the molecule is CC(=NOS(=O)(=O)c1ccc(Cl)cc1)c1ccccc1. The van der Waals surface area contributed by atoms with Crippen molar-refractivity contribution in [2.45, 2.75) is 11.8 Å². The molecule has 2 aromatic carbocycles. The van der Waals surface area contributed by atoms with Gasteiger partial charge in [0.05, 0.1) is 5.71 Å². The molecular formula is C14H12ClNO3S. The van der Waals surface area contributed by atoms with Crippen LogP contribution in [0.1, 0.15) is 12.5 Å². The Hall–Kier alpha value is -1.85. The van der Waals surface area contributed by atoms with Crippen LogP contribution in [0.4, 0.5) is 0 Å². The smallest absolute Gasteiger partial charge is 0.265 e. The Morgan fingerprint density at radius 1 is 1.05 bits per heavy atom. The monoisotopic (exact) mass is 309 g/mol. The van der Waals surface area contributed by atoms with Crippen molar-refractivity contribution in [2.24, 2.45) is 5.16 Å². The minimum atomic E-state index is -3.93. The highest BCUT2D eigenvalue weighted by molar-refractivity contribution is 7.86. The van der Waals surface area contributed by atoms with Crippen molar-refractivity contribution in [3.05, 3.63) is 65.2 Å². The first-order valence-corrected chi connectivity index (χ1v) is 7.57. The third kappa shape index (κ3) is 3.59. The highest BCUT2D eigenvalue weighted by atomic mass is 35.5. The van der Waals surface area contributed by atoms with E-state index < -0.39 is 10.1 Å². The fraction of sp³-hybridized carbons (Fsp3) is 0.0714. The zero-order chi connectivity index (χ0) is 14.6. The molecule has 2 rings (SSSR count). The summed E-state index contributed by atoms with van der Waals surface area (Å²) < 4.78 is 28.5. The largest absolute Gasteiger partial charge is 0.358 e. The van der Waals surface area contributed by atoms with Gasteiger partial charge in [-0.2, -0.15) is 8.42 Å². The lowest BCUT2D eigenvalue weighted by molar-refractivity contribution is 0.339. The summed E-state index contributed by atoms with van der Waals surface area (Å²) in [5, 5.41) is 4.11. The second-order valence-electron chi connectivity index (χ2n) is 4.03. The number of halogens is 1. The summed E-state index contributed by atoms with van der Waals surface area (Å²) in [4.78, 5) is 0.00603. The van der Waals surface area contributed by atoms with Gasteiger partial charge < -0.3 is 0 Å². The molecule has 104 valence electrons. The van der Waals surface area contributed by atoms with Gasteiger partial charge in [-0.15, -0.1) is 0 Å². The van der Waals surface area contributed by atoms with Crippen LogP contribution in [0.25, 0.3) is 0 Å². The fourth-order valence-corrected chi connectivity index (χ4v) is 2.37. The van der Waals surface area contributed by atoms with Crippen LogP contribution in [-0.4, -0.2) is 14.1 Å². The third-order valence-corrected chi connectivity index (χ3v) is 3.94. The second-order valence-corrected chi connectivity index (χ2v) is 5.99. The van der Waals surface area contributed by atoms with Gasteiger partial charge in [-0.1, -0.05) is 47.1 Å². The quantitative estimate of drug-likeness (QED) is 0.642. The number of oxime groups is 1. The van der Waals surface area contributed by atoms with Gasteiger partial charge in [0.2, 0.25) is 0 Å². The number of nitrogens with zero attached hydrogens (tertiary/aromatic N) is 1. The Morgan fingerprint density at radius 2 is 1.65 bits per heavy atom. The van der Waals surface area contributed by atoms with Gasteiger partial charge >= 0.3 is 10.1 Å². The zero-order valence-corrected chi connectivity index (χ0v) is 12.2. The van der Waals surface area contributed by atoms with E-state index in [-0.39, 0.29) is 4.90 Å². The molecule has 0 aliphatic carbocycles. The van der Waals surface area contributed by atoms with Gasteiger partial charge in [0.15, 0.2) is 0 Å². The maximum atomic E-state index is 11.9. The lowest BCUT2D eigenvalue weighted by Gasteiger charge is -2.03. The Balaban J connectivity index is 2.19. The summed E-state index contributed by atoms with van der Waals surface area (Å²) in [6.07, 6.45) is 0. The van der Waals surface area contributed by atoms with Crippen molar-refractivity contribution in [1.29, 1.82) is 0 Å². The topological polar surface area (TPSA) is 55.7 Å². The van der Waals surface area contributed by atoms with E-state index in [1.165, 1.54) is 24.3 Å². The molecule has 0 amide bonds. The molecule has 0 heterocycles. The minimum absolute atomic E-state index is 0.00603. The van der Waals surface area contributed by atoms with Gasteiger partial charge in [-0.05, 0) is 36.8 Å². The van der Waals surface area contributed by atoms with E-state index >= 15 is 0 Å². The lowest BCUT2D eigenvalue weighted by atomic mass is 10.1. The summed E-state index contributed by atoms with van der Waals surface area (Å²) >= 11 is 5.71. The van der Waals surface area contributed by atoms with Crippen LogP contribution in [0.15, 0.2) is 64.6 Å². The maximum absolute atomic E-state index is 11.9. The van der Waals surface area contributed by atoms with Crippen molar-refractivity contribution < 1.29 is 12.7 Å². The first-order valence-electron chi connectivity index (χ1n) is 5.78. The first-order chi connectivity index (χ1) is 9.49. The number of benzene rings is 2. The van der Waals surface area contributed by atoms with Gasteiger partial charge in [0.25, 0.3) is 0 Å². The summed E-state index contributed by atoms with van der Waals surface area (Å²) in [6, 6.07) is 14.9. The van der Waals surface area contributed by atoms with Gasteiger partial charge in [-0.3, -0.25) is 4.28 Å². The lowest BCUT2D eigenvalue weighted by Crippen LogP contribution is -2.05. The summed E-state index contributed by atoms with van der Waals surface area (Å²) in [5.41, 5.74) is 1.27. The average molecular weight is 310 g/mol. The van der Waals surface area contributed by atoms with Crippen molar-refractivity contribution in [1.82, 2.24) is 0 Å². The molecule has 20 heavy (non-hydrogen) atoms. The molecule has 2 aromatic rings. The molecule has 0 atom stereocenters. The van der Waals surface area contributed by atoms with Crippen molar-refractivity contribution in [2.75, 3.05) is 0 Å². The molecule has 0 aromatic heterocycles. The van der Waals surface area contributed by atoms with E-state index in [2.05, 4.69) is 9.44 Å². The molecule has 0 aliphatic rings. The van der Waals surface area contributed by atoms with Gasteiger partial charge in [-0.25, -0.2) is 0 Å². The molecule has 0 saturated carbocycles. The van der Waals surface area contributed by atoms with E-state index in [4.69, 9.17) is 11.6 Å².